The first kappa shape index (κ1) is 27.7. The molecule has 4 rings (SSSR count). The fraction of sp³-hybridized carbons (Fsp3) is 0.276. The number of halogens is 1. The molecule has 0 aliphatic heterocycles. The quantitative estimate of drug-likeness (QED) is 0.256. The Kier molecular flexibility index (Phi) is 9.31. The van der Waals surface area contributed by atoms with Crippen LogP contribution < -0.4 is 28.4 Å². The van der Waals surface area contributed by atoms with Gasteiger partial charge in [-0.2, -0.15) is 0 Å². The molecule has 7 nitrogen and oxygen atoms in total. The maximum absolute atomic E-state index is 5.75. The predicted octanol–water partition coefficient (Wildman–Crippen LogP) is 5.89. The third-order valence-electron chi connectivity index (χ3n) is 6.29. The topological polar surface area (TPSA) is 68.3 Å². The lowest BCUT2D eigenvalue weighted by Crippen LogP contribution is -2.04. The zero-order valence-electron chi connectivity index (χ0n) is 21.9. The van der Waals surface area contributed by atoms with Crippen LogP contribution in [0.15, 0.2) is 54.9 Å². The molecule has 0 aliphatic rings. The molecule has 0 saturated carbocycles. The van der Waals surface area contributed by atoms with Gasteiger partial charge in [-0.1, -0.05) is 18.2 Å². The van der Waals surface area contributed by atoms with Gasteiger partial charge < -0.3 is 28.4 Å². The highest BCUT2D eigenvalue weighted by atomic mass is 35.5. The number of pyridine rings is 1. The van der Waals surface area contributed by atoms with E-state index in [-0.39, 0.29) is 12.4 Å². The van der Waals surface area contributed by atoms with Crippen molar-refractivity contribution in [1.82, 2.24) is 4.98 Å². The Morgan fingerprint density at radius 3 is 1.41 bits per heavy atom. The predicted molar refractivity (Wildman–Crippen MR) is 147 cm³/mol. The lowest BCUT2D eigenvalue weighted by molar-refractivity contribution is 0.322. The first-order valence-electron chi connectivity index (χ1n) is 11.5. The van der Waals surface area contributed by atoms with Crippen molar-refractivity contribution in [1.29, 1.82) is 0 Å². The first-order chi connectivity index (χ1) is 17.6. The van der Waals surface area contributed by atoms with E-state index in [2.05, 4.69) is 17.1 Å². The van der Waals surface area contributed by atoms with Crippen LogP contribution in [0.4, 0.5) is 0 Å². The van der Waals surface area contributed by atoms with Crippen LogP contribution in [0, 0.1) is 0 Å². The van der Waals surface area contributed by atoms with Gasteiger partial charge in [-0.25, -0.2) is 0 Å². The second-order valence-electron chi connectivity index (χ2n) is 8.18. The van der Waals surface area contributed by atoms with Gasteiger partial charge in [0, 0.05) is 41.7 Å². The molecule has 37 heavy (non-hydrogen) atoms. The van der Waals surface area contributed by atoms with E-state index in [9.17, 15) is 0 Å². The van der Waals surface area contributed by atoms with Crippen LogP contribution in [0.1, 0.15) is 22.3 Å². The number of hydrogen-bond acceptors (Lipinski definition) is 7. The number of nitrogens with zero attached hydrogens (tertiary/aromatic N) is 1. The molecule has 0 N–H and O–H groups in total. The summed E-state index contributed by atoms with van der Waals surface area (Å²) in [5, 5.41) is 2.18. The molecule has 0 amide bonds. The molecule has 0 bridgehead atoms. The average Bonchev–Trinajstić information content (AvgIpc) is 2.92. The molecule has 0 radical (unpaired) electrons. The fourth-order valence-corrected chi connectivity index (χ4v) is 4.57. The molecule has 0 spiro atoms. The number of hydrogen-bond donors (Lipinski definition) is 0. The van der Waals surface area contributed by atoms with Crippen LogP contribution in [0.3, 0.4) is 0 Å². The van der Waals surface area contributed by atoms with Crippen molar-refractivity contribution >= 4 is 23.2 Å². The molecular formula is C29H32ClNO6. The van der Waals surface area contributed by atoms with Gasteiger partial charge in [0.1, 0.15) is 0 Å². The maximum atomic E-state index is 5.75. The number of benzene rings is 3. The number of ether oxygens (including phenoxy) is 6. The molecule has 8 heteroatoms. The summed E-state index contributed by atoms with van der Waals surface area (Å²) >= 11 is 0. The highest BCUT2D eigenvalue weighted by molar-refractivity contribution is 5.85. The summed E-state index contributed by atoms with van der Waals surface area (Å²) in [6, 6.07) is 14.2. The highest BCUT2D eigenvalue weighted by Gasteiger charge is 2.20. The third-order valence-corrected chi connectivity index (χ3v) is 6.29. The van der Waals surface area contributed by atoms with Gasteiger partial charge in [0.25, 0.3) is 0 Å². The molecule has 196 valence electrons. The smallest absolute Gasteiger partial charge is 0.203 e. The van der Waals surface area contributed by atoms with Crippen LogP contribution >= 0.6 is 12.4 Å². The minimum Gasteiger partial charge on any atom is -0.493 e. The molecule has 0 aliphatic carbocycles. The first-order valence-corrected chi connectivity index (χ1v) is 11.5. The minimum atomic E-state index is 0. The van der Waals surface area contributed by atoms with Crippen molar-refractivity contribution in [2.24, 2.45) is 0 Å². The minimum absolute atomic E-state index is 0. The van der Waals surface area contributed by atoms with Gasteiger partial charge in [-0.15, -0.1) is 12.4 Å². The molecule has 1 aromatic heterocycles. The molecule has 0 saturated heterocycles. The number of methoxy groups -OCH3 is 6. The Morgan fingerprint density at radius 1 is 0.514 bits per heavy atom. The third kappa shape index (κ3) is 5.47. The van der Waals surface area contributed by atoms with Gasteiger partial charge in [0.15, 0.2) is 23.0 Å². The van der Waals surface area contributed by atoms with Gasteiger partial charge in [0.05, 0.1) is 42.7 Å². The summed E-state index contributed by atoms with van der Waals surface area (Å²) in [4.78, 5) is 4.32. The summed E-state index contributed by atoms with van der Waals surface area (Å²) in [6.45, 7) is 0. The number of rotatable bonds is 10. The Hall–Kier alpha value is -3.84. The van der Waals surface area contributed by atoms with Gasteiger partial charge >= 0.3 is 0 Å². The van der Waals surface area contributed by atoms with Crippen molar-refractivity contribution in [2.75, 3.05) is 42.7 Å². The summed E-state index contributed by atoms with van der Waals surface area (Å²) < 4.78 is 33.6. The van der Waals surface area contributed by atoms with E-state index >= 15 is 0 Å². The Morgan fingerprint density at radius 2 is 0.973 bits per heavy atom. The number of fused-ring (bicyclic) bond motifs is 1. The van der Waals surface area contributed by atoms with Crippen molar-refractivity contribution in [3.8, 4) is 34.5 Å². The van der Waals surface area contributed by atoms with Crippen molar-refractivity contribution in [2.45, 2.75) is 12.8 Å². The molecule has 0 atom stereocenters. The van der Waals surface area contributed by atoms with E-state index in [1.54, 1.807) is 48.9 Å². The van der Waals surface area contributed by atoms with Gasteiger partial charge in [0.2, 0.25) is 11.5 Å². The van der Waals surface area contributed by atoms with E-state index in [0.717, 1.165) is 33.0 Å². The largest absolute Gasteiger partial charge is 0.493 e. The second kappa shape index (κ2) is 12.4. The lowest BCUT2D eigenvalue weighted by atomic mass is 9.92. The van der Waals surface area contributed by atoms with Gasteiger partial charge in [-0.05, 0) is 40.8 Å². The SMILES string of the molecule is COc1ccc(Cc2cc3ccncc3cc2Cc2ccc(OC)c(OC)c2OC)c(OC)c1OC.Cl. The van der Waals surface area contributed by atoms with Crippen LogP contribution in [0.2, 0.25) is 0 Å². The Labute approximate surface area is 223 Å². The summed E-state index contributed by atoms with van der Waals surface area (Å²) in [7, 11) is 9.73. The molecule has 0 unspecified atom stereocenters. The molecule has 3 aromatic carbocycles. The summed E-state index contributed by atoms with van der Waals surface area (Å²) in [5.41, 5.74) is 4.26. The van der Waals surface area contributed by atoms with Crippen LogP contribution in [0.25, 0.3) is 10.8 Å². The lowest BCUT2D eigenvalue weighted by Gasteiger charge is -2.19. The Balaban J connectivity index is 0.00000380. The second-order valence-corrected chi connectivity index (χ2v) is 8.18. The fourth-order valence-electron chi connectivity index (χ4n) is 4.57. The summed E-state index contributed by atoms with van der Waals surface area (Å²) in [6.07, 6.45) is 4.94. The Bertz CT molecular complexity index is 1270. The maximum Gasteiger partial charge on any atom is 0.203 e. The van der Waals surface area contributed by atoms with E-state index in [4.69, 9.17) is 28.4 Å². The van der Waals surface area contributed by atoms with E-state index < -0.39 is 0 Å². The van der Waals surface area contributed by atoms with E-state index in [0.29, 0.717) is 47.3 Å². The van der Waals surface area contributed by atoms with E-state index in [1.165, 1.54) is 0 Å². The normalized spacial score (nSPS) is 10.4. The van der Waals surface area contributed by atoms with Crippen molar-refractivity contribution in [3.05, 3.63) is 77.1 Å². The molecule has 4 aromatic rings. The number of aromatic nitrogens is 1. The van der Waals surface area contributed by atoms with Crippen molar-refractivity contribution in [3.63, 3.8) is 0 Å². The zero-order chi connectivity index (χ0) is 25.7. The van der Waals surface area contributed by atoms with Crippen LogP contribution in [-0.2, 0) is 12.8 Å². The average molecular weight is 526 g/mol. The van der Waals surface area contributed by atoms with Gasteiger partial charge in [-0.3, -0.25) is 4.98 Å². The monoisotopic (exact) mass is 525 g/mol. The summed E-state index contributed by atoms with van der Waals surface area (Å²) in [5.74, 6) is 3.70. The zero-order valence-corrected chi connectivity index (χ0v) is 22.7. The molecular weight excluding hydrogens is 494 g/mol. The standard InChI is InChI=1S/C29H31NO6.ClH/c1-31-24-9-7-19(26(33-3)28(24)35-5)14-21-13-18-11-12-30-17-23(18)16-22(21)15-20-8-10-25(32-2)29(36-6)27(20)34-4;/h7-13,16-17H,14-15H2,1-6H3;1H. The molecule has 1 heterocycles. The van der Waals surface area contributed by atoms with Crippen LogP contribution in [-0.4, -0.2) is 47.6 Å². The molecule has 0 fully saturated rings. The van der Waals surface area contributed by atoms with Crippen LogP contribution in [0.5, 0.6) is 34.5 Å². The van der Waals surface area contributed by atoms with E-state index in [1.807, 2.05) is 36.5 Å². The highest BCUT2D eigenvalue weighted by Crippen LogP contribution is 2.43. The van der Waals surface area contributed by atoms with Crippen molar-refractivity contribution < 1.29 is 28.4 Å².